The number of pyridine rings is 1. The zero-order valence-corrected chi connectivity index (χ0v) is 17.4. The maximum atomic E-state index is 11.2. The second kappa shape index (κ2) is 12.7. The summed E-state index contributed by atoms with van der Waals surface area (Å²) in [4.78, 5) is 24.2. The van der Waals surface area contributed by atoms with E-state index in [1.807, 2.05) is 19.1 Å². The van der Waals surface area contributed by atoms with Crippen molar-refractivity contribution in [2.75, 3.05) is 18.5 Å². The van der Waals surface area contributed by atoms with E-state index in [1.165, 1.54) is 0 Å². The first kappa shape index (κ1) is 22.6. The molecule has 0 radical (unpaired) electrons. The van der Waals surface area contributed by atoms with Crippen LogP contribution in [-0.2, 0) is 11.2 Å². The largest absolute Gasteiger partial charge is 0.481 e. The van der Waals surface area contributed by atoms with Crippen molar-refractivity contribution in [3.8, 4) is 6.01 Å². The molecule has 2 N–H and O–H groups in total. The summed E-state index contributed by atoms with van der Waals surface area (Å²) in [7, 11) is 0. The summed E-state index contributed by atoms with van der Waals surface area (Å²) >= 11 is 0. The van der Waals surface area contributed by atoms with Crippen molar-refractivity contribution in [3.05, 3.63) is 41.9 Å². The SMILES string of the molecule is CCNc1cccc(CCCCCCC(CC(=O)O)c2cnc(OCC)nc2)n1. The van der Waals surface area contributed by atoms with Gasteiger partial charge in [-0.3, -0.25) is 4.79 Å². The van der Waals surface area contributed by atoms with E-state index in [0.717, 1.165) is 62.1 Å². The second-order valence-corrected chi connectivity index (χ2v) is 7.02. The summed E-state index contributed by atoms with van der Waals surface area (Å²) < 4.78 is 5.26. The topological polar surface area (TPSA) is 97.2 Å². The Kier molecular flexibility index (Phi) is 9.89. The third-order valence-electron chi connectivity index (χ3n) is 4.71. The Morgan fingerprint density at radius 3 is 2.59 bits per heavy atom. The molecule has 0 bridgehead atoms. The van der Waals surface area contributed by atoms with Gasteiger partial charge in [0.1, 0.15) is 5.82 Å². The zero-order valence-electron chi connectivity index (χ0n) is 17.4. The number of carboxylic acid groups (broad SMARTS) is 1. The lowest BCUT2D eigenvalue weighted by Gasteiger charge is -2.15. The molecular weight excluding hydrogens is 368 g/mol. The molecule has 2 aromatic heterocycles. The zero-order chi connectivity index (χ0) is 20.9. The Balaban J connectivity index is 1.75. The molecule has 7 nitrogen and oxygen atoms in total. The van der Waals surface area contributed by atoms with Crippen LogP contribution in [0.5, 0.6) is 6.01 Å². The molecule has 2 rings (SSSR count). The number of carbonyl (C=O) groups is 1. The standard InChI is InChI=1S/C22H32N4O3/c1-3-23-20-13-9-12-19(26-20)11-8-6-5-7-10-17(14-21(27)28)18-15-24-22(25-16-18)29-4-2/h9,12-13,15-17H,3-8,10-11,14H2,1-2H3,(H,23,26)(H,27,28). The first-order valence-corrected chi connectivity index (χ1v) is 10.5. The highest BCUT2D eigenvalue weighted by molar-refractivity contribution is 5.68. The van der Waals surface area contributed by atoms with Crippen molar-refractivity contribution >= 4 is 11.8 Å². The number of nitrogens with zero attached hydrogens (tertiary/aromatic N) is 3. The van der Waals surface area contributed by atoms with Gasteiger partial charge in [-0.05, 0) is 56.7 Å². The Morgan fingerprint density at radius 1 is 1.14 bits per heavy atom. The lowest BCUT2D eigenvalue weighted by atomic mass is 9.92. The molecule has 0 aromatic carbocycles. The quantitative estimate of drug-likeness (QED) is 0.452. The highest BCUT2D eigenvalue weighted by Gasteiger charge is 2.16. The summed E-state index contributed by atoms with van der Waals surface area (Å²) in [6, 6.07) is 6.42. The number of unbranched alkanes of at least 4 members (excludes halogenated alkanes) is 3. The van der Waals surface area contributed by atoms with Crippen molar-refractivity contribution in [1.29, 1.82) is 0 Å². The smallest absolute Gasteiger partial charge is 0.316 e. The molecule has 1 atom stereocenters. The molecule has 1 unspecified atom stereocenters. The molecule has 0 amide bonds. The van der Waals surface area contributed by atoms with Gasteiger partial charge in [0.25, 0.3) is 0 Å². The third kappa shape index (κ3) is 8.46. The van der Waals surface area contributed by atoms with E-state index in [-0.39, 0.29) is 12.3 Å². The highest BCUT2D eigenvalue weighted by Crippen LogP contribution is 2.26. The molecule has 0 aliphatic rings. The van der Waals surface area contributed by atoms with E-state index in [2.05, 4.69) is 33.3 Å². The highest BCUT2D eigenvalue weighted by atomic mass is 16.5. The molecule has 158 valence electrons. The van der Waals surface area contributed by atoms with Crippen LogP contribution in [0.1, 0.15) is 69.5 Å². The summed E-state index contributed by atoms with van der Waals surface area (Å²) in [5, 5.41) is 12.5. The summed E-state index contributed by atoms with van der Waals surface area (Å²) in [6.45, 7) is 5.31. The van der Waals surface area contributed by atoms with E-state index in [1.54, 1.807) is 12.4 Å². The molecular formula is C22H32N4O3. The van der Waals surface area contributed by atoms with Gasteiger partial charge in [0.05, 0.1) is 13.0 Å². The van der Waals surface area contributed by atoms with E-state index in [4.69, 9.17) is 4.74 Å². The Hall–Kier alpha value is -2.70. The molecule has 2 aromatic rings. The normalized spacial score (nSPS) is 11.8. The Labute approximate surface area is 173 Å². The van der Waals surface area contributed by atoms with Crippen LogP contribution in [0.25, 0.3) is 0 Å². The van der Waals surface area contributed by atoms with E-state index < -0.39 is 5.97 Å². The second-order valence-electron chi connectivity index (χ2n) is 7.02. The van der Waals surface area contributed by atoms with Crippen molar-refractivity contribution in [2.45, 2.75) is 64.7 Å². The number of nitrogens with one attached hydrogen (secondary N) is 1. The van der Waals surface area contributed by atoms with Crippen molar-refractivity contribution in [2.24, 2.45) is 0 Å². The first-order chi connectivity index (χ1) is 14.1. The Bertz CT molecular complexity index is 737. The molecule has 0 saturated heterocycles. The predicted octanol–water partition coefficient (Wildman–Crippen LogP) is 4.45. The number of carboxylic acids is 1. The molecule has 2 heterocycles. The molecule has 7 heteroatoms. The van der Waals surface area contributed by atoms with Gasteiger partial charge in [0.15, 0.2) is 0 Å². The van der Waals surface area contributed by atoms with Crippen LogP contribution in [0.3, 0.4) is 0 Å². The van der Waals surface area contributed by atoms with E-state index in [9.17, 15) is 9.90 Å². The number of hydrogen-bond donors (Lipinski definition) is 2. The van der Waals surface area contributed by atoms with Crippen LogP contribution >= 0.6 is 0 Å². The van der Waals surface area contributed by atoms with Gasteiger partial charge in [-0.2, -0.15) is 0 Å². The fourth-order valence-corrected chi connectivity index (χ4v) is 3.29. The van der Waals surface area contributed by atoms with Gasteiger partial charge >= 0.3 is 12.0 Å². The number of ether oxygens (including phenoxy) is 1. The fraction of sp³-hybridized carbons (Fsp3) is 0.545. The van der Waals surface area contributed by atoms with Gasteiger partial charge in [-0.15, -0.1) is 0 Å². The molecule has 0 fully saturated rings. The van der Waals surface area contributed by atoms with E-state index in [0.29, 0.717) is 12.6 Å². The summed E-state index contributed by atoms with van der Waals surface area (Å²) in [6.07, 6.45) is 9.49. The average molecular weight is 401 g/mol. The van der Waals surface area contributed by atoms with Crippen LogP contribution in [0.15, 0.2) is 30.6 Å². The third-order valence-corrected chi connectivity index (χ3v) is 4.71. The van der Waals surface area contributed by atoms with Gasteiger partial charge in [0, 0.05) is 24.6 Å². The number of rotatable bonds is 14. The average Bonchev–Trinajstić information content (AvgIpc) is 2.71. The number of aryl methyl sites for hydroxylation is 1. The van der Waals surface area contributed by atoms with Crippen LogP contribution in [0.2, 0.25) is 0 Å². The van der Waals surface area contributed by atoms with Crippen LogP contribution in [-0.4, -0.2) is 39.2 Å². The summed E-state index contributed by atoms with van der Waals surface area (Å²) in [5.41, 5.74) is 1.97. The maximum Gasteiger partial charge on any atom is 0.316 e. The monoisotopic (exact) mass is 400 g/mol. The maximum absolute atomic E-state index is 11.2. The molecule has 0 saturated carbocycles. The van der Waals surface area contributed by atoms with Gasteiger partial charge in [-0.1, -0.05) is 25.3 Å². The number of aliphatic carboxylic acids is 1. The minimum Gasteiger partial charge on any atom is -0.481 e. The van der Waals surface area contributed by atoms with Crippen molar-refractivity contribution < 1.29 is 14.6 Å². The number of anilines is 1. The first-order valence-electron chi connectivity index (χ1n) is 10.5. The summed E-state index contributed by atoms with van der Waals surface area (Å²) in [5.74, 6) is 0.0660. The number of aromatic nitrogens is 3. The van der Waals surface area contributed by atoms with Crippen LogP contribution < -0.4 is 10.1 Å². The lowest BCUT2D eigenvalue weighted by Crippen LogP contribution is -2.08. The minimum absolute atomic E-state index is 0.0679. The molecule has 0 aliphatic heterocycles. The van der Waals surface area contributed by atoms with Crippen LogP contribution in [0, 0.1) is 0 Å². The van der Waals surface area contributed by atoms with Crippen molar-refractivity contribution in [3.63, 3.8) is 0 Å². The molecule has 0 spiro atoms. The van der Waals surface area contributed by atoms with Gasteiger partial charge in [0.2, 0.25) is 0 Å². The lowest BCUT2D eigenvalue weighted by molar-refractivity contribution is -0.137. The van der Waals surface area contributed by atoms with Crippen LogP contribution in [0.4, 0.5) is 5.82 Å². The van der Waals surface area contributed by atoms with Crippen molar-refractivity contribution in [1.82, 2.24) is 15.0 Å². The molecule has 0 aliphatic carbocycles. The predicted molar refractivity (Wildman–Crippen MR) is 113 cm³/mol. The Morgan fingerprint density at radius 2 is 1.90 bits per heavy atom. The van der Waals surface area contributed by atoms with E-state index >= 15 is 0 Å². The molecule has 29 heavy (non-hydrogen) atoms. The van der Waals surface area contributed by atoms with Gasteiger partial charge < -0.3 is 15.2 Å². The fourth-order valence-electron chi connectivity index (χ4n) is 3.29. The van der Waals surface area contributed by atoms with Gasteiger partial charge in [-0.25, -0.2) is 15.0 Å². The minimum atomic E-state index is -0.796. The number of hydrogen-bond acceptors (Lipinski definition) is 6.